The number of nitrogens with one attached hydrogen (secondary N) is 1. The molecular formula is C17H20ClNO2. The van der Waals surface area contributed by atoms with Gasteiger partial charge in [0.15, 0.2) is 0 Å². The Balaban J connectivity index is 2.16. The zero-order valence-corrected chi connectivity index (χ0v) is 13.3. The zero-order chi connectivity index (χ0) is 15.2. The highest BCUT2D eigenvalue weighted by Crippen LogP contribution is 2.29. The van der Waals surface area contributed by atoms with E-state index in [0.717, 1.165) is 17.7 Å². The minimum absolute atomic E-state index is 0.196. The van der Waals surface area contributed by atoms with Gasteiger partial charge in [-0.2, -0.15) is 0 Å². The Morgan fingerprint density at radius 2 is 1.76 bits per heavy atom. The fraction of sp³-hybridized carbons (Fsp3) is 0.294. The summed E-state index contributed by atoms with van der Waals surface area (Å²) in [5.74, 6) is 1.56. The van der Waals surface area contributed by atoms with Gasteiger partial charge in [-0.25, -0.2) is 0 Å². The van der Waals surface area contributed by atoms with Crippen LogP contribution in [-0.4, -0.2) is 21.3 Å². The lowest BCUT2D eigenvalue weighted by Gasteiger charge is -2.18. The molecule has 2 rings (SSSR count). The van der Waals surface area contributed by atoms with E-state index in [1.54, 1.807) is 14.2 Å². The zero-order valence-electron chi connectivity index (χ0n) is 12.5. The first-order valence-electron chi connectivity index (χ1n) is 6.81. The van der Waals surface area contributed by atoms with Gasteiger partial charge in [-0.1, -0.05) is 29.8 Å². The second kappa shape index (κ2) is 7.34. The van der Waals surface area contributed by atoms with Crippen LogP contribution in [0.2, 0.25) is 5.02 Å². The van der Waals surface area contributed by atoms with E-state index >= 15 is 0 Å². The molecule has 0 fully saturated rings. The second-order valence-corrected chi connectivity index (χ2v) is 5.19. The van der Waals surface area contributed by atoms with Gasteiger partial charge in [0.2, 0.25) is 0 Å². The smallest absolute Gasteiger partial charge is 0.137 e. The number of benzene rings is 2. The lowest BCUT2D eigenvalue weighted by Crippen LogP contribution is -2.18. The summed E-state index contributed by atoms with van der Waals surface area (Å²) in [4.78, 5) is 0. The van der Waals surface area contributed by atoms with Crippen molar-refractivity contribution in [3.8, 4) is 11.5 Å². The molecule has 0 heterocycles. The molecule has 0 aliphatic heterocycles. The number of hydrogen-bond donors (Lipinski definition) is 1. The maximum absolute atomic E-state index is 6.20. The summed E-state index contributed by atoms with van der Waals surface area (Å²) in [5, 5.41) is 3.96. The van der Waals surface area contributed by atoms with Crippen molar-refractivity contribution in [2.45, 2.75) is 12.5 Å². The molecule has 0 aromatic heterocycles. The SMILES string of the molecule is CNC(Cc1ccc(OC)cc1)c1ccc(OC)c(Cl)c1. The molecule has 1 N–H and O–H groups in total. The molecule has 4 heteroatoms. The fourth-order valence-electron chi connectivity index (χ4n) is 2.28. The van der Waals surface area contributed by atoms with Gasteiger partial charge in [0.25, 0.3) is 0 Å². The average Bonchev–Trinajstić information content (AvgIpc) is 2.53. The van der Waals surface area contributed by atoms with E-state index in [4.69, 9.17) is 21.1 Å². The van der Waals surface area contributed by atoms with Crippen molar-refractivity contribution in [3.63, 3.8) is 0 Å². The quantitative estimate of drug-likeness (QED) is 0.879. The summed E-state index contributed by atoms with van der Waals surface area (Å²) in [6.07, 6.45) is 0.878. The third kappa shape index (κ3) is 3.90. The van der Waals surface area contributed by atoms with Crippen molar-refractivity contribution in [2.75, 3.05) is 21.3 Å². The van der Waals surface area contributed by atoms with Crippen molar-refractivity contribution in [1.82, 2.24) is 5.32 Å². The van der Waals surface area contributed by atoms with E-state index in [1.807, 2.05) is 37.4 Å². The van der Waals surface area contributed by atoms with Crippen LogP contribution in [0.3, 0.4) is 0 Å². The highest BCUT2D eigenvalue weighted by Gasteiger charge is 2.12. The Morgan fingerprint density at radius 1 is 1.05 bits per heavy atom. The molecule has 0 saturated heterocycles. The van der Waals surface area contributed by atoms with E-state index in [1.165, 1.54) is 5.56 Å². The predicted octanol–water partition coefficient (Wildman–Crippen LogP) is 3.86. The molecular weight excluding hydrogens is 286 g/mol. The standard InChI is InChI=1S/C17H20ClNO2/c1-19-16(10-12-4-7-14(20-2)8-5-12)13-6-9-17(21-3)15(18)11-13/h4-9,11,16,19H,10H2,1-3H3. The number of rotatable bonds is 6. The lowest BCUT2D eigenvalue weighted by atomic mass is 9.99. The summed E-state index contributed by atoms with van der Waals surface area (Å²) < 4.78 is 10.4. The molecule has 2 aromatic carbocycles. The molecule has 1 unspecified atom stereocenters. The third-order valence-corrected chi connectivity index (χ3v) is 3.82. The Morgan fingerprint density at radius 3 is 2.29 bits per heavy atom. The maximum atomic E-state index is 6.20. The first-order valence-corrected chi connectivity index (χ1v) is 7.19. The maximum Gasteiger partial charge on any atom is 0.137 e. The minimum atomic E-state index is 0.196. The van der Waals surface area contributed by atoms with Crippen LogP contribution in [0, 0.1) is 0 Å². The molecule has 0 radical (unpaired) electrons. The number of hydrogen-bond acceptors (Lipinski definition) is 3. The molecule has 0 bridgehead atoms. The second-order valence-electron chi connectivity index (χ2n) is 4.79. The van der Waals surface area contributed by atoms with Gasteiger partial charge < -0.3 is 14.8 Å². The molecule has 112 valence electrons. The van der Waals surface area contributed by atoms with Gasteiger partial charge in [0, 0.05) is 6.04 Å². The normalized spacial score (nSPS) is 12.0. The van der Waals surface area contributed by atoms with Crippen LogP contribution in [-0.2, 0) is 6.42 Å². The molecule has 2 aromatic rings. The highest BCUT2D eigenvalue weighted by molar-refractivity contribution is 6.32. The van der Waals surface area contributed by atoms with Crippen LogP contribution in [0.4, 0.5) is 0 Å². The third-order valence-electron chi connectivity index (χ3n) is 3.53. The molecule has 3 nitrogen and oxygen atoms in total. The van der Waals surface area contributed by atoms with Gasteiger partial charge in [-0.3, -0.25) is 0 Å². The molecule has 1 atom stereocenters. The van der Waals surface area contributed by atoms with Crippen LogP contribution in [0.15, 0.2) is 42.5 Å². The summed E-state index contributed by atoms with van der Waals surface area (Å²) in [6, 6.07) is 14.2. The van der Waals surface area contributed by atoms with E-state index < -0.39 is 0 Å². The monoisotopic (exact) mass is 305 g/mol. The van der Waals surface area contributed by atoms with Crippen molar-refractivity contribution >= 4 is 11.6 Å². The molecule has 0 amide bonds. The highest BCUT2D eigenvalue weighted by atomic mass is 35.5. The molecule has 21 heavy (non-hydrogen) atoms. The Labute approximate surface area is 130 Å². The Kier molecular flexibility index (Phi) is 5.48. The van der Waals surface area contributed by atoms with E-state index in [-0.39, 0.29) is 6.04 Å². The van der Waals surface area contributed by atoms with E-state index in [9.17, 15) is 0 Å². The molecule has 0 aliphatic rings. The summed E-state index contributed by atoms with van der Waals surface area (Å²) in [7, 11) is 5.24. The van der Waals surface area contributed by atoms with Crippen LogP contribution < -0.4 is 14.8 Å². The van der Waals surface area contributed by atoms with E-state index in [0.29, 0.717) is 10.8 Å². The van der Waals surface area contributed by atoms with Crippen molar-refractivity contribution in [3.05, 3.63) is 58.6 Å². The minimum Gasteiger partial charge on any atom is -0.497 e. The Bertz CT molecular complexity index is 584. The topological polar surface area (TPSA) is 30.5 Å². The van der Waals surface area contributed by atoms with Crippen molar-refractivity contribution in [2.24, 2.45) is 0 Å². The van der Waals surface area contributed by atoms with Gasteiger partial charge >= 0.3 is 0 Å². The molecule has 0 saturated carbocycles. The molecule has 0 spiro atoms. The molecule has 0 aliphatic carbocycles. The van der Waals surface area contributed by atoms with Crippen LogP contribution >= 0.6 is 11.6 Å². The Hall–Kier alpha value is -1.71. The van der Waals surface area contributed by atoms with Crippen LogP contribution in [0.5, 0.6) is 11.5 Å². The van der Waals surface area contributed by atoms with Crippen LogP contribution in [0.1, 0.15) is 17.2 Å². The average molecular weight is 306 g/mol. The first kappa shape index (κ1) is 15.7. The predicted molar refractivity (Wildman–Crippen MR) is 86.5 cm³/mol. The van der Waals surface area contributed by atoms with Crippen molar-refractivity contribution in [1.29, 1.82) is 0 Å². The number of ether oxygens (including phenoxy) is 2. The van der Waals surface area contributed by atoms with Crippen molar-refractivity contribution < 1.29 is 9.47 Å². The van der Waals surface area contributed by atoms with Crippen LogP contribution in [0.25, 0.3) is 0 Å². The summed E-state index contributed by atoms with van der Waals surface area (Å²) in [5.41, 5.74) is 2.38. The fourth-order valence-corrected chi connectivity index (χ4v) is 2.55. The summed E-state index contributed by atoms with van der Waals surface area (Å²) >= 11 is 6.20. The summed E-state index contributed by atoms with van der Waals surface area (Å²) in [6.45, 7) is 0. The van der Waals surface area contributed by atoms with Gasteiger partial charge in [0.1, 0.15) is 11.5 Å². The first-order chi connectivity index (χ1) is 10.2. The number of methoxy groups -OCH3 is 2. The lowest BCUT2D eigenvalue weighted by molar-refractivity contribution is 0.414. The number of likely N-dealkylation sites (N-methyl/N-ethyl adjacent to an activating group) is 1. The van der Waals surface area contributed by atoms with E-state index in [2.05, 4.69) is 17.4 Å². The number of halogens is 1. The van der Waals surface area contributed by atoms with Gasteiger partial charge in [-0.15, -0.1) is 0 Å². The van der Waals surface area contributed by atoms with Gasteiger partial charge in [0.05, 0.1) is 19.2 Å². The largest absolute Gasteiger partial charge is 0.497 e. The van der Waals surface area contributed by atoms with Gasteiger partial charge in [-0.05, 0) is 48.9 Å².